The average Bonchev–Trinajstić information content (AvgIpc) is 2.62. The Morgan fingerprint density at radius 3 is 2.04 bits per heavy atom. The highest BCUT2D eigenvalue weighted by molar-refractivity contribution is 7.89. The number of piperazine rings is 1. The quantitative estimate of drug-likeness (QED) is 0.785. The zero-order chi connectivity index (χ0) is 18.0. The van der Waals surface area contributed by atoms with Crippen molar-refractivity contribution >= 4 is 27.7 Å². The number of benzene rings is 1. The molecule has 0 atom stereocenters. The lowest BCUT2D eigenvalue weighted by atomic mass is 9.99. The van der Waals surface area contributed by atoms with Gasteiger partial charge in [-0.25, -0.2) is 13.2 Å². The minimum absolute atomic E-state index is 0.0374. The number of rotatable bonds is 2. The maximum atomic E-state index is 12.7. The first-order valence-electron chi connectivity index (χ1n) is 8.67. The Bertz CT molecular complexity index is 707. The number of carbonyl (C=O) groups is 1. The molecule has 2 fully saturated rings. The number of halogens is 1. The monoisotopic (exact) mass is 385 g/mol. The molecule has 2 aliphatic heterocycles. The molecule has 0 aromatic heterocycles. The van der Waals surface area contributed by atoms with Crippen LogP contribution in [0.3, 0.4) is 0 Å². The number of hydrogen-bond acceptors (Lipinski definition) is 3. The molecule has 1 aromatic carbocycles. The molecule has 2 saturated heterocycles. The fourth-order valence-corrected chi connectivity index (χ4v) is 4.82. The SMILES string of the molecule is CC1CCN(C(=O)N2CCN(S(=O)(=O)c3ccc(Cl)cc3)CC2)CC1. The van der Waals surface area contributed by atoms with E-state index >= 15 is 0 Å². The van der Waals surface area contributed by atoms with E-state index in [1.54, 1.807) is 17.0 Å². The second kappa shape index (κ2) is 7.51. The van der Waals surface area contributed by atoms with Gasteiger partial charge in [-0.05, 0) is 43.0 Å². The van der Waals surface area contributed by atoms with E-state index in [0.717, 1.165) is 25.9 Å². The number of carbonyl (C=O) groups excluding carboxylic acids is 1. The first kappa shape index (κ1) is 18.5. The Kier molecular flexibility index (Phi) is 5.55. The summed E-state index contributed by atoms with van der Waals surface area (Å²) in [4.78, 5) is 16.5. The minimum Gasteiger partial charge on any atom is -0.325 e. The van der Waals surface area contributed by atoms with Crippen LogP contribution in [0.1, 0.15) is 19.8 Å². The van der Waals surface area contributed by atoms with Gasteiger partial charge in [0, 0.05) is 44.3 Å². The molecule has 0 spiro atoms. The summed E-state index contributed by atoms with van der Waals surface area (Å²) in [5.41, 5.74) is 0. The third kappa shape index (κ3) is 4.10. The van der Waals surface area contributed by atoms with Gasteiger partial charge in [0.05, 0.1) is 4.90 Å². The number of piperidine rings is 1. The molecule has 6 nitrogen and oxygen atoms in total. The van der Waals surface area contributed by atoms with Crippen molar-refractivity contribution in [3.05, 3.63) is 29.3 Å². The Balaban J connectivity index is 1.59. The fraction of sp³-hybridized carbons (Fsp3) is 0.588. The topological polar surface area (TPSA) is 60.9 Å². The number of likely N-dealkylation sites (tertiary alicyclic amines) is 1. The summed E-state index contributed by atoms with van der Waals surface area (Å²) in [6, 6.07) is 6.22. The summed E-state index contributed by atoms with van der Waals surface area (Å²) in [6.07, 6.45) is 2.08. The number of urea groups is 1. The van der Waals surface area contributed by atoms with Gasteiger partial charge in [-0.3, -0.25) is 0 Å². The zero-order valence-electron chi connectivity index (χ0n) is 14.4. The molecule has 2 heterocycles. The van der Waals surface area contributed by atoms with Crippen LogP contribution in [0.15, 0.2) is 29.2 Å². The van der Waals surface area contributed by atoms with Crippen LogP contribution in [0.4, 0.5) is 4.79 Å². The van der Waals surface area contributed by atoms with Crippen LogP contribution >= 0.6 is 11.6 Å². The molecule has 0 unspecified atom stereocenters. The lowest BCUT2D eigenvalue weighted by Crippen LogP contribution is -2.54. The van der Waals surface area contributed by atoms with Gasteiger partial charge < -0.3 is 9.80 Å². The van der Waals surface area contributed by atoms with E-state index in [9.17, 15) is 13.2 Å². The van der Waals surface area contributed by atoms with Gasteiger partial charge >= 0.3 is 6.03 Å². The summed E-state index contributed by atoms with van der Waals surface area (Å²) in [5, 5.41) is 0.505. The highest BCUT2D eigenvalue weighted by Crippen LogP contribution is 2.21. The Morgan fingerprint density at radius 2 is 1.48 bits per heavy atom. The van der Waals surface area contributed by atoms with E-state index in [4.69, 9.17) is 11.6 Å². The minimum atomic E-state index is -3.54. The number of nitrogens with zero attached hydrogens (tertiary/aromatic N) is 3. The van der Waals surface area contributed by atoms with E-state index in [0.29, 0.717) is 37.1 Å². The van der Waals surface area contributed by atoms with Crippen molar-refractivity contribution in [1.82, 2.24) is 14.1 Å². The van der Waals surface area contributed by atoms with E-state index in [2.05, 4.69) is 6.92 Å². The van der Waals surface area contributed by atoms with Crippen LogP contribution in [0.5, 0.6) is 0 Å². The molecule has 0 aliphatic carbocycles. The predicted molar refractivity (Wildman–Crippen MR) is 97.2 cm³/mol. The van der Waals surface area contributed by atoms with Crippen LogP contribution < -0.4 is 0 Å². The molecule has 0 saturated carbocycles. The number of sulfonamides is 1. The second-order valence-corrected chi connectivity index (χ2v) is 9.17. The molecule has 2 amide bonds. The summed E-state index contributed by atoms with van der Waals surface area (Å²) in [7, 11) is -3.54. The average molecular weight is 386 g/mol. The lowest BCUT2D eigenvalue weighted by molar-refractivity contribution is 0.119. The molecule has 0 N–H and O–H groups in total. The number of amides is 2. The highest BCUT2D eigenvalue weighted by Gasteiger charge is 2.32. The van der Waals surface area contributed by atoms with Crippen molar-refractivity contribution in [3.8, 4) is 0 Å². The Labute approximate surface area is 154 Å². The van der Waals surface area contributed by atoms with Crippen molar-refractivity contribution in [2.75, 3.05) is 39.3 Å². The fourth-order valence-electron chi connectivity index (χ4n) is 3.28. The molecule has 1 aromatic rings. The molecule has 0 bridgehead atoms. The van der Waals surface area contributed by atoms with Crippen LogP contribution in [0.25, 0.3) is 0 Å². The predicted octanol–water partition coefficient (Wildman–Crippen LogP) is 2.50. The van der Waals surface area contributed by atoms with Crippen molar-refractivity contribution in [2.45, 2.75) is 24.7 Å². The molecular formula is C17H24ClN3O3S. The van der Waals surface area contributed by atoms with Gasteiger partial charge in [-0.1, -0.05) is 18.5 Å². The van der Waals surface area contributed by atoms with Gasteiger partial charge in [0.1, 0.15) is 0 Å². The summed E-state index contributed by atoms with van der Waals surface area (Å²) in [5.74, 6) is 0.672. The van der Waals surface area contributed by atoms with Gasteiger partial charge in [0.25, 0.3) is 0 Å². The summed E-state index contributed by atoms with van der Waals surface area (Å²) < 4.78 is 26.8. The smallest absolute Gasteiger partial charge is 0.320 e. The van der Waals surface area contributed by atoms with Crippen molar-refractivity contribution < 1.29 is 13.2 Å². The third-order valence-corrected chi connectivity index (χ3v) is 7.18. The Hall–Kier alpha value is -1.31. The first-order chi connectivity index (χ1) is 11.9. The molecule has 8 heteroatoms. The largest absolute Gasteiger partial charge is 0.325 e. The summed E-state index contributed by atoms with van der Waals surface area (Å²) >= 11 is 5.83. The number of hydrogen-bond donors (Lipinski definition) is 0. The lowest BCUT2D eigenvalue weighted by Gasteiger charge is -2.39. The van der Waals surface area contributed by atoms with Gasteiger partial charge in [0.2, 0.25) is 10.0 Å². The van der Waals surface area contributed by atoms with Crippen molar-refractivity contribution in [3.63, 3.8) is 0 Å². The van der Waals surface area contributed by atoms with E-state index in [1.807, 2.05) is 4.90 Å². The molecule has 2 aliphatic rings. The van der Waals surface area contributed by atoms with Crippen LogP contribution in [-0.4, -0.2) is 67.8 Å². The molecule has 138 valence electrons. The van der Waals surface area contributed by atoms with Gasteiger partial charge in [-0.15, -0.1) is 0 Å². The standard InChI is InChI=1S/C17H24ClN3O3S/c1-14-6-8-19(9-7-14)17(22)20-10-12-21(13-11-20)25(23,24)16-4-2-15(18)3-5-16/h2-5,14H,6-13H2,1H3. The van der Waals surface area contributed by atoms with Crippen molar-refractivity contribution in [2.24, 2.45) is 5.92 Å². The molecule has 25 heavy (non-hydrogen) atoms. The second-order valence-electron chi connectivity index (χ2n) is 6.80. The van der Waals surface area contributed by atoms with Crippen LogP contribution in [0.2, 0.25) is 5.02 Å². The van der Waals surface area contributed by atoms with Crippen LogP contribution in [0, 0.1) is 5.92 Å². The van der Waals surface area contributed by atoms with E-state index in [1.165, 1.54) is 16.4 Å². The zero-order valence-corrected chi connectivity index (χ0v) is 16.0. The first-order valence-corrected chi connectivity index (χ1v) is 10.5. The molecule has 3 rings (SSSR count). The van der Waals surface area contributed by atoms with E-state index < -0.39 is 10.0 Å². The van der Waals surface area contributed by atoms with E-state index in [-0.39, 0.29) is 10.9 Å². The molecular weight excluding hydrogens is 362 g/mol. The van der Waals surface area contributed by atoms with Gasteiger partial charge in [-0.2, -0.15) is 4.31 Å². The van der Waals surface area contributed by atoms with Crippen molar-refractivity contribution in [1.29, 1.82) is 0 Å². The highest BCUT2D eigenvalue weighted by atomic mass is 35.5. The maximum Gasteiger partial charge on any atom is 0.320 e. The van der Waals surface area contributed by atoms with Crippen LogP contribution in [-0.2, 0) is 10.0 Å². The Morgan fingerprint density at radius 1 is 0.960 bits per heavy atom. The molecule has 0 radical (unpaired) electrons. The normalized spacial score (nSPS) is 20.7. The maximum absolute atomic E-state index is 12.7. The third-order valence-electron chi connectivity index (χ3n) is 5.01. The summed E-state index contributed by atoms with van der Waals surface area (Å²) in [6.45, 7) is 5.30. The van der Waals surface area contributed by atoms with Gasteiger partial charge in [0.15, 0.2) is 0 Å².